The number of nitrogens with two attached hydrogens (primary N) is 1. The number of para-hydroxylation sites is 1. The average molecular weight is 347 g/mol. The maximum atomic E-state index is 6.38. The predicted molar refractivity (Wildman–Crippen MR) is 106 cm³/mol. The molecule has 0 amide bonds. The van der Waals surface area contributed by atoms with Crippen molar-refractivity contribution in [3.05, 3.63) is 60.2 Å². The first-order chi connectivity index (χ1) is 12.7. The van der Waals surface area contributed by atoms with Gasteiger partial charge in [0.2, 0.25) is 5.96 Å². The number of fused-ring (bicyclic) bond motifs is 2. The average Bonchev–Trinajstić information content (AvgIpc) is 3.12. The first kappa shape index (κ1) is 16.3. The van der Waals surface area contributed by atoms with Crippen LogP contribution in [0, 0.1) is 0 Å². The summed E-state index contributed by atoms with van der Waals surface area (Å²) in [5.41, 5.74) is 9.56. The maximum absolute atomic E-state index is 6.38. The molecule has 3 aromatic rings. The summed E-state index contributed by atoms with van der Waals surface area (Å²) in [5.74, 6) is 1.82. The third-order valence-electron chi connectivity index (χ3n) is 4.76. The molecule has 3 aromatic carbocycles. The molecule has 0 saturated carbocycles. The molecule has 2 N–H and O–H groups in total. The van der Waals surface area contributed by atoms with Crippen molar-refractivity contribution >= 4 is 28.1 Å². The Bertz CT molecular complexity index is 998. The number of anilines is 1. The van der Waals surface area contributed by atoms with Crippen LogP contribution < -0.4 is 20.1 Å². The van der Waals surface area contributed by atoms with Crippen molar-refractivity contribution in [2.75, 3.05) is 25.7 Å². The van der Waals surface area contributed by atoms with Crippen LogP contribution in [0.1, 0.15) is 5.56 Å². The monoisotopic (exact) mass is 347 g/mol. The molecule has 5 heteroatoms. The van der Waals surface area contributed by atoms with Crippen LogP contribution in [0.25, 0.3) is 10.8 Å². The summed E-state index contributed by atoms with van der Waals surface area (Å²) < 4.78 is 11.0. The predicted octanol–water partition coefficient (Wildman–Crippen LogP) is 3.87. The Kier molecular flexibility index (Phi) is 4.13. The molecule has 0 radical (unpaired) electrons. The van der Waals surface area contributed by atoms with Crippen LogP contribution in [-0.4, -0.2) is 26.7 Å². The summed E-state index contributed by atoms with van der Waals surface area (Å²) >= 11 is 0. The van der Waals surface area contributed by atoms with Crippen LogP contribution >= 0.6 is 0 Å². The molecule has 0 unspecified atom stereocenters. The minimum absolute atomic E-state index is 0.479. The number of benzene rings is 3. The van der Waals surface area contributed by atoms with Gasteiger partial charge >= 0.3 is 0 Å². The first-order valence-electron chi connectivity index (χ1n) is 8.56. The van der Waals surface area contributed by atoms with Gasteiger partial charge in [0.25, 0.3) is 0 Å². The summed E-state index contributed by atoms with van der Waals surface area (Å²) in [6.45, 7) is 0.833. The zero-order valence-electron chi connectivity index (χ0n) is 14.9. The van der Waals surface area contributed by atoms with Crippen molar-refractivity contribution in [1.29, 1.82) is 0 Å². The van der Waals surface area contributed by atoms with Gasteiger partial charge < -0.3 is 20.1 Å². The van der Waals surface area contributed by atoms with Crippen LogP contribution in [0.3, 0.4) is 0 Å². The molecule has 5 nitrogen and oxygen atoms in total. The van der Waals surface area contributed by atoms with Gasteiger partial charge in [0.05, 0.1) is 19.9 Å². The van der Waals surface area contributed by atoms with Crippen molar-refractivity contribution in [1.82, 2.24) is 0 Å². The second-order valence-electron chi connectivity index (χ2n) is 6.18. The topological polar surface area (TPSA) is 60.1 Å². The largest absolute Gasteiger partial charge is 0.493 e. The van der Waals surface area contributed by atoms with Gasteiger partial charge in [0, 0.05) is 29.1 Å². The van der Waals surface area contributed by atoms with Crippen molar-refractivity contribution < 1.29 is 9.47 Å². The van der Waals surface area contributed by atoms with Crippen molar-refractivity contribution in [2.45, 2.75) is 6.42 Å². The highest BCUT2D eigenvalue weighted by Gasteiger charge is 2.21. The van der Waals surface area contributed by atoms with Gasteiger partial charge in [-0.05, 0) is 18.1 Å². The highest BCUT2D eigenvalue weighted by Crippen LogP contribution is 2.41. The molecule has 0 spiro atoms. The van der Waals surface area contributed by atoms with Crippen LogP contribution in [0.2, 0.25) is 0 Å². The Labute approximate surface area is 152 Å². The fraction of sp³-hybridized carbons (Fsp3) is 0.190. The second-order valence-corrected chi connectivity index (χ2v) is 6.18. The van der Waals surface area contributed by atoms with E-state index in [4.69, 9.17) is 20.2 Å². The van der Waals surface area contributed by atoms with Crippen molar-refractivity contribution in [2.24, 2.45) is 10.7 Å². The zero-order chi connectivity index (χ0) is 18.1. The fourth-order valence-electron chi connectivity index (χ4n) is 3.52. The molecule has 0 atom stereocenters. The molecule has 1 aliphatic heterocycles. The van der Waals surface area contributed by atoms with Gasteiger partial charge in [-0.2, -0.15) is 0 Å². The highest BCUT2D eigenvalue weighted by molar-refractivity contribution is 6.04. The lowest BCUT2D eigenvalue weighted by Gasteiger charge is -2.19. The van der Waals surface area contributed by atoms with Crippen LogP contribution in [0.4, 0.5) is 11.4 Å². The van der Waals surface area contributed by atoms with Gasteiger partial charge in [-0.25, -0.2) is 4.99 Å². The van der Waals surface area contributed by atoms with Gasteiger partial charge in [-0.15, -0.1) is 0 Å². The summed E-state index contributed by atoms with van der Waals surface area (Å²) in [6.07, 6.45) is 0.971. The third-order valence-corrected chi connectivity index (χ3v) is 4.76. The normalized spacial score (nSPS) is 13.8. The molecule has 0 aromatic heterocycles. The summed E-state index contributed by atoms with van der Waals surface area (Å²) in [7, 11) is 3.27. The first-order valence-corrected chi connectivity index (χ1v) is 8.56. The van der Waals surface area contributed by atoms with Crippen LogP contribution in [0.15, 0.2) is 59.6 Å². The Morgan fingerprint density at radius 2 is 1.73 bits per heavy atom. The third kappa shape index (κ3) is 2.62. The Morgan fingerprint density at radius 3 is 2.50 bits per heavy atom. The fourth-order valence-corrected chi connectivity index (χ4v) is 3.52. The Balaban J connectivity index is 1.84. The van der Waals surface area contributed by atoms with Gasteiger partial charge in [0.1, 0.15) is 0 Å². The minimum Gasteiger partial charge on any atom is -0.493 e. The summed E-state index contributed by atoms with van der Waals surface area (Å²) in [5, 5.41) is 1.92. The lowest BCUT2D eigenvalue weighted by atomic mass is 10.1. The molecule has 132 valence electrons. The number of guanidine groups is 1. The molecular weight excluding hydrogens is 326 g/mol. The minimum atomic E-state index is 0.479. The zero-order valence-corrected chi connectivity index (χ0v) is 14.9. The van der Waals surface area contributed by atoms with E-state index in [1.165, 1.54) is 5.56 Å². The SMILES string of the molecule is COc1cc(N=C(N)N2CCc3ccccc32)c2ccccc2c1OC. The smallest absolute Gasteiger partial charge is 0.201 e. The van der Waals surface area contributed by atoms with E-state index < -0.39 is 0 Å². The molecule has 0 fully saturated rings. The molecule has 1 heterocycles. The number of aliphatic imine (C=N–C) groups is 1. The van der Waals surface area contributed by atoms with Crippen molar-refractivity contribution in [3.63, 3.8) is 0 Å². The van der Waals surface area contributed by atoms with E-state index in [-0.39, 0.29) is 0 Å². The molecule has 26 heavy (non-hydrogen) atoms. The van der Waals surface area contributed by atoms with E-state index in [1.54, 1.807) is 14.2 Å². The van der Waals surface area contributed by atoms with Gasteiger partial charge in [0.15, 0.2) is 11.5 Å². The maximum Gasteiger partial charge on any atom is 0.201 e. The Hall–Kier alpha value is -3.21. The van der Waals surface area contributed by atoms with Gasteiger partial charge in [-0.1, -0.05) is 42.5 Å². The number of ether oxygens (including phenoxy) is 2. The molecule has 1 aliphatic rings. The molecule has 0 bridgehead atoms. The lowest BCUT2D eigenvalue weighted by molar-refractivity contribution is 0.358. The summed E-state index contributed by atoms with van der Waals surface area (Å²) in [6, 6.07) is 18.1. The van der Waals surface area contributed by atoms with E-state index in [0.29, 0.717) is 17.5 Å². The standard InChI is InChI=1S/C21H21N3O2/c1-25-19-13-17(15-8-4-5-9-16(15)20(19)26-2)23-21(22)24-12-11-14-7-3-6-10-18(14)24/h3-10,13H,11-12H2,1-2H3,(H2,22,23). The second kappa shape index (κ2) is 6.59. The number of methoxy groups -OCH3 is 2. The van der Waals surface area contributed by atoms with E-state index in [1.807, 2.05) is 36.4 Å². The highest BCUT2D eigenvalue weighted by atomic mass is 16.5. The molecule has 0 aliphatic carbocycles. The van der Waals surface area contributed by atoms with Gasteiger partial charge in [-0.3, -0.25) is 0 Å². The van der Waals surface area contributed by atoms with Crippen molar-refractivity contribution in [3.8, 4) is 11.5 Å². The van der Waals surface area contributed by atoms with E-state index in [9.17, 15) is 0 Å². The summed E-state index contributed by atoms with van der Waals surface area (Å²) in [4.78, 5) is 6.79. The molecule has 4 rings (SSSR count). The number of rotatable bonds is 3. The quantitative estimate of drug-likeness (QED) is 0.577. The Morgan fingerprint density at radius 1 is 1.00 bits per heavy atom. The van der Waals surface area contributed by atoms with E-state index in [2.05, 4.69) is 23.1 Å². The number of hydrogen-bond acceptors (Lipinski definition) is 3. The van der Waals surface area contributed by atoms with Crippen LogP contribution in [0.5, 0.6) is 11.5 Å². The van der Waals surface area contributed by atoms with E-state index in [0.717, 1.165) is 35.1 Å². The lowest BCUT2D eigenvalue weighted by Crippen LogP contribution is -2.35. The van der Waals surface area contributed by atoms with Crippen LogP contribution in [-0.2, 0) is 6.42 Å². The number of hydrogen-bond donors (Lipinski definition) is 1. The number of nitrogens with zero attached hydrogens (tertiary/aromatic N) is 2. The van der Waals surface area contributed by atoms with E-state index >= 15 is 0 Å². The molecular formula is C21H21N3O2. The molecule has 0 saturated heterocycles.